The van der Waals surface area contributed by atoms with Gasteiger partial charge in [0.2, 0.25) is 10.0 Å². The first-order chi connectivity index (χ1) is 6.32. The van der Waals surface area contributed by atoms with E-state index >= 15 is 0 Å². The van der Waals surface area contributed by atoms with Gasteiger partial charge in [0, 0.05) is 18.1 Å². The molecule has 1 unspecified atom stereocenters. The lowest BCUT2D eigenvalue weighted by molar-refractivity contribution is 0.142. The van der Waals surface area contributed by atoms with Crippen molar-refractivity contribution < 1.29 is 8.42 Å². The topological polar surface area (TPSA) is 63.4 Å². The minimum absolute atomic E-state index is 0.0578. The maximum absolute atomic E-state index is 11.8. The fourth-order valence-corrected chi connectivity index (χ4v) is 3.51. The van der Waals surface area contributed by atoms with Crippen molar-refractivity contribution in [3.63, 3.8) is 0 Å². The highest BCUT2D eigenvalue weighted by atomic mass is 32.2. The maximum atomic E-state index is 11.8. The van der Waals surface area contributed by atoms with Crippen molar-refractivity contribution >= 4 is 10.0 Å². The summed E-state index contributed by atoms with van der Waals surface area (Å²) < 4.78 is 25.1. The lowest BCUT2D eigenvalue weighted by Crippen LogP contribution is -2.61. The van der Waals surface area contributed by atoms with Gasteiger partial charge in [-0.25, -0.2) is 8.42 Å². The third-order valence-electron chi connectivity index (χ3n) is 3.13. The molecule has 0 aromatic carbocycles. The monoisotopic (exact) mass is 220 g/mol. The number of nitrogens with zero attached hydrogens (tertiary/aromatic N) is 1. The Morgan fingerprint density at radius 3 is 2.57 bits per heavy atom. The minimum atomic E-state index is -3.11. The molecule has 0 aliphatic carbocycles. The van der Waals surface area contributed by atoms with Crippen molar-refractivity contribution in [2.75, 3.05) is 12.3 Å². The van der Waals surface area contributed by atoms with Crippen LogP contribution in [0.1, 0.15) is 33.6 Å². The average molecular weight is 220 g/mol. The van der Waals surface area contributed by atoms with E-state index in [1.54, 1.807) is 11.2 Å². The van der Waals surface area contributed by atoms with E-state index in [9.17, 15) is 8.42 Å². The van der Waals surface area contributed by atoms with Gasteiger partial charge in [-0.05, 0) is 33.6 Å². The van der Waals surface area contributed by atoms with Gasteiger partial charge in [0.25, 0.3) is 0 Å². The van der Waals surface area contributed by atoms with Crippen LogP contribution in [-0.2, 0) is 10.0 Å². The summed E-state index contributed by atoms with van der Waals surface area (Å²) in [6.07, 6.45) is 1.77. The molecule has 1 saturated heterocycles. The van der Waals surface area contributed by atoms with Gasteiger partial charge in [0.1, 0.15) is 0 Å². The fourth-order valence-electron chi connectivity index (χ4n) is 1.93. The number of nitrogens with two attached hydrogens (primary N) is 1. The Bertz CT molecular complexity index is 298. The van der Waals surface area contributed by atoms with Gasteiger partial charge < -0.3 is 5.73 Å². The van der Waals surface area contributed by atoms with Crippen molar-refractivity contribution in [2.24, 2.45) is 5.73 Å². The summed E-state index contributed by atoms with van der Waals surface area (Å²) in [5.74, 6) is 0.156. The molecular weight excluding hydrogens is 200 g/mol. The molecule has 1 atom stereocenters. The van der Waals surface area contributed by atoms with Crippen LogP contribution in [0.3, 0.4) is 0 Å². The smallest absolute Gasteiger partial charge is 0.214 e. The van der Waals surface area contributed by atoms with Crippen LogP contribution in [0.4, 0.5) is 0 Å². The summed E-state index contributed by atoms with van der Waals surface area (Å²) in [6, 6.07) is -0.0578. The second-order valence-electron chi connectivity index (χ2n) is 4.38. The summed E-state index contributed by atoms with van der Waals surface area (Å²) in [5.41, 5.74) is 5.51. The quantitative estimate of drug-likeness (QED) is 0.738. The van der Waals surface area contributed by atoms with Gasteiger partial charge in [-0.15, -0.1) is 0 Å². The van der Waals surface area contributed by atoms with Crippen LogP contribution < -0.4 is 5.73 Å². The zero-order valence-corrected chi connectivity index (χ0v) is 9.97. The van der Waals surface area contributed by atoms with Crippen molar-refractivity contribution in [3.8, 4) is 0 Å². The van der Waals surface area contributed by atoms with E-state index in [2.05, 4.69) is 0 Å². The Morgan fingerprint density at radius 2 is 2.07 bits per heavy atom. The van der Waals surface area contributed by atoms with E-state index in [4.69, 9.17) is 5.73 Å². The third-order valence-corrected chi connectivity index (χ3v) is 5.18. The SMILES string of the molecule is CCS(=O)(=O)N1CCCC(N)C1(C)C. The van der Waals surface area contributed by atoms with Crippen molar-refractivity contribution in [1.82, 2.24) is 4.31 Å². The highest BCUT2D eigenvalue weighted by Crippen LogP contribution is 2.29. The number of piperidine rings is 1. The number of sulfonamides is 1. The van der Waals surface area contributed by atoms with Crippen LogP contribution in [0.2, 0.25) is 0 Å². The van der Waals surface area contributed by atoms with Gasteiger partial charge in [-0.3, -0.25) is 0 Å². The van der Waals surface area contributed by atoms with Gasteiger partial charge in [-0.2, -0.15) is 4.31 Å². The molecule has 1 heterocycles. The molecular formula is C9H20N2O2S. The fraction of sp³-hybridized carbons (Fsp3) is 1.00. The van der Waals surface area contributed by atoms with Crippen LogP contribution in [0.15, 0.2) is 0 Å². The minimum Gasteiger partial charge on any atom is -0.326 e. The summed E-state index contributed by atoms with van der Waals surface area (Å²) in [4.78, 5) is 0. The molecule has 0 bridgehead atoms. The standard InChI is InChI=1S/C9H20N2O2S/c1-4-14(12,13)11-7-5-6-8(10)9(11,2)3/h8H,4-7,10H2,1-3H3. The summed E-state index contributed by atoms with van der Waals surface area (Å²) in [5, 5.41) is 0. The molecule has 1 aliphatic heterocycles. The van der Waals surface area contributed by atoms with E-state index in [-0.39, 0.29) is 11.8 Å². The predicted molar refractivity (Wildman–Crippen MR) is 57.5 cm³/mol. The van der Waals surface area contributed by atoms with Crippen molar-refractivity contribution in [2.45, 2.75) is 45.2 Å². The molecule has 0 aromatic rings. The highest BCUT2D eigenvalue weighted by Gasteiger charge is 2.41. The lowest BCUT2D eigenvalue weighted by Gasteiger charge is -2.45. The molecule has 0 radical (unpaired) electrons. The first kappa shape index (κ1) is 11.9. The van der Waals surface area contributed by atoms with Crippen LogP contribution in [0.5, 0.6) is 0 Å². The van der Waals surface area contributed by atoms with Gasteiger partial charge in [-0.1, -0.05) is 0 Å². The summed E-state index contributed by atoms with van der Waals surface area (Å²) in [7, 11) is -3.11. The largest absolute Gasteiger partial charge is 0.326 e. The lowest BCUT2D eigenvalue weighted by atomic mass is 9.88. The molecule has 1 fully saturated rings. The van der Waals surface area contributed by atoms with Crippen LogP contribution in [0, 0.1) is 0 Å². The zero-order valence-electron chi connectivity index (χ0n) is 9.16. The predicted octanol–water partition coefficient (Wildman–Crippen LogP) is 0.538. The Morgan fingerprint density at radius 1 is 1.50 bits per heavy atom. The number of rotatable bonds is 2. The van der Waals surface area contributed by atoms with Crippen molar-refractivity contribution in [3.05, 3.63) is 0 Å². The van der Waals surface area contributed by atoms with E-state index in [1.807, 2.05) is 13.8 Å². The second kappa shape index (κ2) is 3.79. The van der Waals surface area contributed by atoms with Gasteiger partial charge in [0.05, 0.1) is 5.75 Å². The molecule has 1 rings (SSSR count). The van der Waals surface area contributed by atoms with E-state index in [0.29, 0.717) is 6.54 Å². The van der Waals surface area contributed by atoms with Gasteiger partial charge >= 0.3 is 0 Å². The molecule has 0 spiro atoms. The van der Waals surface area contributed by atoms with E-state index < -0.39 is 15.6 Å². The Hall–Kier alpha value is -0.130. The molecule has 5 heteroatoms. The molecule has 84 valence electrons. The molecule has 4 nitrogen and oxygen atoms in total. The summed E-state index contributed by atoms with van der Waals surface area (Å²) in [6.45, 7) is 6.09. The first-order valence-corrected chi connectivity index (χ1v) is 6.69. The molecule has 0 aromatic heterocycles. The molecule has 1 aliphatic rings. The van der Waals surface area contributed by atoms with Crippen LogP contribution in [0.25, 0.3) is 0 Å². The third kappa shape index (κ3) is 1.94. The normalized spacial score (nSPS) is 29.0. The molecule has 14 heavy (non-hydrogen) atoms. The zero-order chi connectivity index (χ0) is 11.0. The van der Waals surface area contributed by atoms with Crippen LogP contribution in [-0.4, -0.2) is 36.6 Å². The van der Waals surface area contributed by atoms with Gasteiger partial charge in [0.15, 0.2) is 0 Å². The van der Waals surface area contributed by atoms with E-state index in [0.717, 1.165) is 12.8 Å². The summed E-state index contributed by atoms with van der Waals surface area (Å²) >= 11 is 0. The maximum Gasteiger partial charge on any atom is 0.214 e. The molecule has 2 N–H and O–H groups in total. The Balaban J connectivity index is 2.99. The number of hydrogen-bond donors (Lipinski definition) is 1. The number of hydrogen-bond acceptors (Lipinski definition) is 3. The van der Waals surface area contributed by atoms with E-state index in [1.165, 1.54) is 0 Å². The second-order valence-corrected chi connectivity index (χ2v) is 6.56. The Kier molecular flexibility index (Phi) is 3.23. The van der Waals surface area contributed by atoms with Crippen LogP contribution >= 0.6 is 0 Å². The first-order valence-electron chi connectivity index (χ1n) is 5.08. The van der Waals surface area contributed by atoms with Crippen molar-refractivity contribution in [1.29, 1.82) is 0 Å². The molecule has 0 saturated carbocycles. The molecule has 0 amide bonds. The highest BCUT2D eigenvalue weighted by molar-refractivity contribution is 7.89. The average Bonchev–Trinajstić information content (AvgIpc) is 2.09. The Labute approximate surface area is 86.5 Å².